The van der Waals surface area contributed by atoms with Crippen LogP contribution >= 0.6 is 0 Å². The number of nitrogens with two attached hydrogens (primary N) is 1. The highest BCUT2D eigenvalue weighted by atomic mass is 16.5. The van der Waals surface area contributed by atoms with Crippen molar-refractivity contribution in [1.29, 1.82) is 0 Å². The third-order valence-electron chi connectivity index (χ3n) is 2.79. The first-order valence-corrected chi connectivity index (χ1v) is 6.39. The van der Waals surface area contributed by atoms with Gasteiger partial charge in [-0.2, -0.15) is 4.98 Å². The highest BCUT2D eigenvalue weighted by molar-refractivity contribution is 5.63. The molecule has 0 aliphatic rings. The minimum atomic E-state index is 0.0878. The number of aliphatic hydroxyl groups is 1. The van der Waals surface area contributed by atoms with Crippen LogP contribution in [0.1, 0.15) is 26.2 Å². The Labute approximate surface area is 109 Å². The van der Waals surface area contributed by atoms with E-state index in [-0.39, 0.29) is 6.61 Å². The minimum absolute atomic E-state index is 0.0878. The van der Waals surface area contributed by atoms with Crippen molar-refractivity contribution in [3.8, 4) is 5.88 Å². The Morgan fingerprint density at radius 2 is 2.11 bits per heavy atom. The molecule has 0 aliphatic heterocycles. The van der Waals surface area contributed by atoms with Crippen molar-refractivity contribution in [2.45, 2.75) is 26.2 Å². The molecule has 1 heterocycles. The van der Waals surface area contributed by atoms with E-state index in [4.69, 9.17) is 15.6 Å². The molecule has 1 rings (SSSR count). The van der Waals surface area contributed by atoms with Gasteiger partial charge in [-0.3, -0.25) is 0 Å². The average molecular weight is 253 g/mol. The van der Waals surface area contributed by atoms with Crippen molar-refractivity contribution >= 4 is 11.5 Å². The second kappa shape index (κ2) is 7.76. The number of pyridine rings is 1. The Morgan fingerprint density at radius 1 is 1.33 bits per heavy atom. The molecule has 0 amide bonds. The summed E-state index contributed by atoms with van der Waals surface area (Å²) in [7, 11) is 1.58. The van der Waals surface area contributed by atoms with Gasteiger partial charge in [0.1, 0.15) is 0 Å². The van der Waals surface area contributed by atoms with Crippen LogP contribution in [0.15, 0.2) is 12.1 Å². The molecule has 5 heteroatoms. The van der Waals surface area contributed by atoms with Crippen LogP contribution in [-0.2, 0) is 0 Å². The van der Waals surface area contributed by atoms with Gasteiger partial charge in [0.15, 0.2) is 5.82 Å². The van der Waals surface area contributed by atoms with E-state index in [2.05, 4.69) is 11.9 Å². The fourth-order valence-corrected chi connectivity index (χ4v) is 1.81. The van der Waals surface area contributed by atoms with Crippen molar-refractivity contribution < 1.29 is 9.84 Å². The smallest absolute Gasteiger partial charge is 0.215 e. The number of methoxy groups -OCH3 is 1. The van der Waals surface area contributed by atoms with E-state index < -0.39 is 0 Å². The second-order valence-electron chi connectivity index (χ2n) is 4.18. The van der Waals surface area contributed by atoms with Crippen molar-refractivity contribution in [3.63, 3.8) is 0 Å². The van der Waals surface area contributed by atoms with E-state index >= 15 is 0 Å². The topological polar surface area (TPSA) is 71.6 Å². The third kappa shape index (κ3) is 4.07. The molecule has 0 saturated heterocycles. The first-order valence-electron chi connectivity index (χ1n) is 6.39. The molecule has 3 N–H and O–H groups in total. The molecule has 0 radical (unpaired) electrons. The molecule has 5 nitrogen and oxygen atoms in total. The predicted molar refractivity (Wildman–Crippen MR) is 74.0 cm³/mol. The molecule has 0 saturated carbocycles. The molecule has 0 atom stereocenters. The zero-order valence-corrected chi connectivity index (χ0v) is 11.2. The maximum Gasteiger partial charge on any atom is 0.215 e. The summed E-state index contributed by atoms with van der Waals surface area (Å²) >= 11 is 0. The standard InChI is InChI=1S/C13H23N3O2/c1-3-4-5-8-16(9-10-17)13-11(14)6-7-12(15-13)18-2/h6-7,17H,3-5,8-10,14H2,1-2H3. The Balaban J connectivity index is 2.82. The highest BCUT2D eigenvalue weighted by Crippen LogP contribution is 2.24. The monoisotopic (exact) mass is 253 g/mol. The van der Waals surface area contributed by atoms with Crippen LogP contribution in [0, 0.1) is 0 Å². The molecule has 0 fully saturated rings. The van der Waals surface area contributed by atoms with Crippen LogP contribution in [0.25, 0.3) is 0 Å². The van der Waals surface area contributed by atoms with Crippen LogP contribution < -0.4 is 15.4 Å². The number of nitrogen functional groups attached to an aromatic ring is 1. The third-order valence-corrected chi connectivity index (χ3v) is 2.79. The van der Waals surface area contributed by atoms with Gasteiger partial charge in [-0.05, 0) is 12.5 Å². The summed E-state index contributed by atoms with van der Waals surface area (Å²) in [6.45, 7) is 3.63. The summed E-state index contributed by atoms with van der Waals surface area (Å²) in [5, 5.41) is 9.13. The molecule has 0 spiro atoms. The van der Waals surface area contributed by atoms with Gasteiger partial charge in [-0.1, -0.05) is 19.8 Å². The molecule has 0 bridgehead atoms. The van der Waals surface area contributed by atoms with Crippen LogP contribution in [-0.4, -0.2) is 36.9 Å². The minimum Gasteiger partial charge on any atom is -0.481 e. The van der Waals surface area contributed by atoms with Crippen molar-refractivity contribution in [3.05, 3.63) is 12.1 Å². The first-order chi connectivity index (χ1) is 8.72. The van der Waals surface area contributed by atoms with Gasteiger partial charge in [-0.25, -0.2) is 0 Å². The molecule has 0 aromatic carbocycles. The SMILES string of the molecule is CCCCCN(CCO)c1nc(OC)ccc1N. The van der Waals surface area contributed by atoms with E-state index in [1.807, 2.05) is 4.90 Å². The lowest BCUT2D eigenvalue weighted by Gasteiger charge is -2.24. The summed E-state index contributed by atoms with van der Waals surface area (Å²) < 4.78 is 5.11. The summed E-state index contributed by atoms with van der Waals surface area (Å²) in [6, 6.07) is 3.52. The van der Waals surface area contributed by atoms with Crippen LogP contribution in [0.4, 0.5) is 11.5 Å². The maximum absolute atomic E-state index is 9.13. The fourth-order valence-electron chi connectivity index (χ4n) is 1.81. The Morgan fingerprint density at radius 3 is 2.72 bits per heavy atom. The maximum atomic E-state index is 9.13. The number of hydrogen-bond donors (Lipinski definition) is 2. The molecule has 102 valence electrons. The highest BCUT2D eigenvalue weighted by Gasteiger charge is 2.12. The number of aromatic nitrogens is 1. The second-order valence-corrected chi connectivity index (χ2v) is 4.18. The van der Waals surface area contributed by atoms with E-state index in [0.29, 0.717) is 23.9 Å². The van der Waals surface area contributed by atoms with Crippen molar-refractivity contribution in [2.24, 2.45) is 0 Å². The number of unbranched alkanes of at least 4 members (excludes halogenated alkanes) is 2. The van der Waals surface area contributed by atoms with Gasteiger partial charge in [0.2, 0.25) is 5.88 Å². The van der Waals surface area contributed by atoms with Gasteiger partial charge in [-0.15, -0.1) is 0 Å². The lowest BCUT2D eigenvalue weighted by atomic mass is 10.2. The number of ether oxygens (including phenoxy) is 1. The number of anilines is 2. The van der Waals surface area contributed by atoms with Crippen LogP contribution in [0.5, 0.6) is 5.88 Å². The van der Waals surface area contributed by atoms with Gasteiger partial charge >= 0.3 is 0 Å². The van der Waals surface area contributed by atoms with Gasteiger partial charge < -0.3 is 20.5 Å². The summed E-state index contributed by atoms with van der Waals surface area (Å²) in [6.07, 6.45) is 3.38. The molecule has 18 heavy (non-hydrogen) atoms. The number of hydrogen-bond acceptors (Lipinski definition) is 5. The summed E-state index contributed by atoms with van der Waals surface area (Å²) in [4.78, 5) is 6.36. The van der Waals surface area contributed by atoms with Crippen LogP contribution in [0.2, 0.25) is 0 Å². The van der Waals surface area contributed by atoms with E-state index in [0.717, 1.165) is 25.8 Å². The van der Waals surface area contributed by atoms with E-state index in [1.54, 1.807) is 19.2 Å². The quantitative estimate of drug-likeness (QED) is 0.689. The van der Waals surface area contributed by atoms with Crippen LogP contribution in [0.3, 0.4) is 0 Å². The number of nitrogens with zero attached hydrogens (tertiary/aromatic N) is 2. The zero-order valence-electron chi connectivity index (χ0n) is 11.2. The number of rotatable bonds is 8. The molecule has 1 aromatic heterocycles. The van der Waals surface area contributed by atoms with E-state index in [9.17, 15) is 0 Å². The lowest BCUT2D eigenvalue weighted by molar-refractivity contribution is 0.301. The zero-order chi connectivity index (χ0) is 13.4. The fraction of sp³-hybridized carbons (Fsp3) is 0.615. The molecule has 1 aromatic rings. The average Bonchev–Trinajstić information content (AvgIpc) is 2.39. The first kappa shape index (κ1) is 14.6. The van der Waals surface area contributed by atoms with Crippen molar-refractivity contribution in [1.82, 2.24) is 4.98 Å². The molecule has 0 unspecified atom stereocenters. The lowest BCUT2D eigenvalue weighted by Crippen LogP contribution is -2.29. The van der Waals surface area contributed by atoms with Gasteiger partial charge in [0.25, 0.3) is 0 Å². The normalized spacial score (nSPS) is 10.4. The van der Waals surface area contributed by atoms with Crippen molar-refractivity contribution in [2.75, 3.05) is 37.4 Å². The van der Waals surface area contributed by atoms with Gasteiger partial charge in [0, 0.05) is 19.2 Å². The largest absolute Gasteiger partial charge is 0.481 e. The Kier molecular flexibility index (Phi) is 6.28. The molecular weight excluding hydrogens is 230 g/mol. The molecule has 0 aliphatic carbocycles. The predicted octanol–water partition coefficient (Wildman–Crippen LogP) is 1.66. The summed E-state index contributed by atoms with van der Waals surface area (Å²) in [5.41, 5.74) is 6.55. The Bertz CT molecular complexity index is 358. The molecular formula is C13H23N3O2. The van der Waals surface area contributed by atoms with Gasteiger partial charge in [0.05, 0.1) is 19.4 Å². The van der Waals surface area contributed by atoms with E-state index in [1.165, 1.54) is 0 Å². The number of aliphatic hydroxyl groups excluding tert-OH is 1. The summed E-state index contributed by atoms with van der Waals surface area (Å²) in [5.74, 6) is 1.23. The Hall–Kier alpha value is -1.49.